The third-order valence-electron chi connectivity index (χ3n) is 3.27. The van der Waals surface area contributed by atoms with Gasteiger partial charge in [0.1, 0.15) is 5.52 Å². The van der Waals surface area contributed by atoms with Crippen molar-refractivity contribution in [2.45, 2.75) is 6.92 Å². The molecule has 0 fully saturated rings. The maximum atomic E-state index is 12.1. The van der Waals surface area contributed by atoms with Crippen molar-refractivity contribution >= 4 is 60.0 Å². The van der Waals surface area contributed by atoms with E-state index in [4.69, 9.17) is 0 Å². The molecule has 0 atom stereocenters. The second-order valence-electron chi connectivity index (χ2n) is 4.96. The number of hydrogen-bond acceptors (Lipinski definition) is 5. The number of para-hydroxylation sites is 1. The molecule has 2 heterocycles. The molecule has 0 aliphatic rings. The number of hydrogen-bond donors (Lipinski definition) is 2. The molecule has 23 heavy (non-hydrogen) atoms. The molecule has 0 aliphatic carbocycles. The first kappa shape index (κ1) is 14.1. The number of aryl methyl sites for hydroxylation is 1. The molecular formula is C16H12N4OS2. The number of amides is 2. The van der Waals surface area contributed by atoms with E-state index in [0.717, 1.165) is 31.1 Å². The fourth-order valence-corrected chi connectivity index (χ4v) is 4.17. The van der Waals surface area contributed by atoms with E-state index in [1.54, 1.807) is 11.3 Å². The SMILES string of the molecule is Cc1nc2c(ccc3nc(NC(=O)Nc4ccccc4)sc32)s1. The van der Waals surface area contributed by atoms with Crippen molar-refractivity contribution in [2.75, 3.05) is 10.6 Å². The van der Waals surface area contributed by atoms with E-state index in [-0.39, 0.29) is 6.03 Å². The predicted octanol–water partition coefficient (Wildman–Crippen LogP) is 4.86. The maximum Gasteiger partial charge on any atom is 0.325 e. The minimum atomic E-state index is -0.305. The van der Waals surface area contributed by atoms with E-state index in [2.05, 4.69) is 20.6 Å². The van der Waals surface area contributed by atoms with Crippen LogP contribution in [-0.2, 0) is 0 Å². The van der Waals surface area contributed by atoms with Crippen molar-refractivity contribution < 1.29 is 4.79 Å². The van der Waals surface area contributed by atoms with Gasteiger partial charge in [0.2, 0.25) is 0 Å². The largest absolute Gasteiger partial charge is 0.325 e. The van der Waals surface area contributed by atoms with Gasteiger partial charge < -0.3 is 5.32 Å². The summed E-state index contributed by atoms with van der Waals surface area (Å²) in [4.78, 5) is 21.1. The molecule has 114 valence electrons. The summed E-state index contributed by atoms with van der Waals surface area (Å²) < 4.78 is 2.14. The number of thiazole rings is 2. The van der Waals surface area contributed by atoms with Gasteiger partial charge in [0.25, 0.3) is 0 Å². The van der Waals surface area contributed by atoms with Crippen LogP contribution < -0.4 is 10.6 Å². The van der Waals surface area contributed by atoms with Crippen molar-refractivity contribution in [3.63, 3.8) is 0 Å². The predicted molar refractivity (Wildman–Crippen MR) is 96.6 cm³/mol. The van der Waals surface area contributed by atoms with Crippen LogP contribution in [0.15, 0.2) is 42.5 Å². The highest BCUT2D eigenvalue weighted by atomic mass is 32.1. The first-order valence-corrected chi connectivity index (χ1v) is 8.62. The summed E-state index contributed by atoms with van der Waals surface area (Å²) in [6.45, 7) is 1.99. The second-order valence-corrected chi connectivity index (χ2v) is 7.19. The number of carbonyl (C=O) groups is 1. The Morgan fingerprint density at radius 3 is 2.65 bits per heavy atom. The quantitative estimate of drug-likeness (QED) is 0.548. The van der Waals surface area contributed by atoms with Crippen molar-refractivity contribution in [1.29, 1.82) is 0 Å². The zero-order valence-corrected chi connectivity index (χ0v) is 13.8. The highest BCUT2D eigenvalue weighted by Crippen LogP contribution is 2.34. The number of benzene rings is 2. The topological polar surface area (TPSA) is 66.9 Å². The molecule has 0 spiro atoms. The maximum absolute atomic E-state index is 12.1. The van der Waals surface area contributed by atoms with E-state index >= 15 is 0 Å². The Balaban J connectivity index is 1.62. The van der Waals surface area contributed by atoms with Gasteiger partial charge in [-0.05, 0) is 31.2 Å². The summed E-state index contributed by atoms with van der Waals surface area (Å²) in [7, 11) is 0. The lowest BCUT2D eigenvalue weighted by molar-refractivity contribution is 0.262. The van der Waals surface area contributed by atoms with Gasteiger partial charge >= 0.3 is 6.03 Å². The van der Waals surface area contributed by atoms with Gasteiger partial charge in [0, 0.05) is 5.69 Å². The summed E-state index contributed by atoms with van der Waals surface area (Å²) in [6, 6.07) is 13.0. The smallest absolute Gasteiger partial charge is 0.308 e. The van der Waals surface area contributed by atoms with Crippen molar-refractivity contribution in [3.8, 4) is 0 Å². The molecule has 4 rings (SSSR count). The van der Waals surface area contributed by atoms with Gasteiger partial charge in [0.15, 0.2) is 5.13 Å². The van der Waals surface area contributed by atoms with E-state index in [1.807, 2.05) is 49.4 Å². The molecule has 0 saturated heterocycles. The van der Waals surface area contributed by atoms with E-state index < -0.39 is 0 Å². The molecule has 2 aromatic heterocycles. The number of urea groups is 1. The van der Waals surface area contributed by atoms with Crippen LogP contribution in [0.25, 0.3) is 20.4 Å². The lowest BCUT2D eigenvalue weighted by Crippen LogP contribution is -2.19. The lowest BCUT2D eigenvalue weighted by atomic mass is 10.3. The first-order chi connectivity index (χ1) is 11.2. The number of nitrogens with zero attached hydrogens (tertiary/aromatic N) is 2. The third kappa shape index (κ3) is 2.76. The average molecular weight is 340 g/mol. The number of aromatic nitrogens is 2. The molecule has 2 amide bonds. The molecule has 2 N–H and O–H groups in total. The lowest BCUT2D eigenvalue weighted by Gasteiger charge is -2.04. The highest BCUT2D eigenvalue weighted by Gasteiger charge is 2.12. The molecule has 0 saturated carbocycles. The molecule has 0 bridgehead atoms. The van der Waals surface area contributed by atoms with Crippen LogP contribution in [0.5, 0.6) is 0 Å². The number of rotatable bonds is 2. The van der Waals surface area contributed by atoms with Gasteiger partial charge in [-0.25, -0.2) is 14.8 Å². The van der Waals surface area contributed by atoms with Gasteiger partial charge in [-0.15, -0.1) is 11.3 Å². The fraction of sp³-hybridized carbons (Fsp3) is 0.0625. The minimum Gasteiger partial charge on any atom is -0.308 e. The van der Waals surface area contributed by atoms with Gasteiger partial charge in [-0.1, -0.05) is 29.5 Å². The Hall–Kier alpha value is -2.51. The van der Waals surface area contributed by atoms with Crippen LogP contribution in [0.1, 0.15) is 5.01 Å². The zero-order chi connectivity index (χ0) is 15.8. The summed E-state index contributed by atoms with van der Waals surface area (Å²) >= 11 is 3.10. The Morgan fingerprint density at radius 2 is 1.83 bits per heavy atom. The standard InChI is InChI=1S/C16H12N4OS2/c1-9-17-13-12(22-9)8-7-11-14(13)23-16(19-11)20-15(21)18-10-5-3-2-4-6-10/h2-8H,1H3,(H2,18,19,20,21). The Labute approximate surface area is 140 Å². The molecule has 5 nitrogen and oxygen atoms in total. The van der Waals surface area contributed by atoms with Crippen LogP contribution in [-0.4, -0.2) is 16.0 Å². The van der Waals surface area contributed by atoms with Crippen LogP contribution in [0.4, 0.5) is 15.6 Å². The second kappa shape index (κ2) is 5.60. The monoisotopic (exact) mass is 340 g/mol. The molecule has 0 unspecified atom stereocenters. The molecule has 2 aromatic carbocycles. The first-order valence-electron chi connectivity index (χ1n) is 6.99. The Kier molecular flexibility index (Phi) is 3.44. The normalized spacial score (nSPS) is 11.0. The molecular weight excluding hydrogens is 328 g/mol. The summed E-state index contributed by atoms with van der Waals surface area (Å²) in [5, 5.41) is 7.15. The average Bonchev–Trinajstić information content (AvgIpc) is 3.09. The van der Waals surface area contributed by atoms with E-state index in [0.29, 0.717) is 5.13 Å². The van der Waals surface area contributed by atoms with Crippen LogP contribution in [0, 0.1) is 6.92 Å². The summed E-state index contributed by atoms with van der Waals surface area (Å²) in [6.07, 6.45) is 0. The molecule has 0 radical (unpaired) electrons. The molecule has 7 heteroatoms. The van der Waals surface area contributed by atoms with Gasteiger partial charge in [0.05, 0.1) is 19.9 Å². The van der Waals surface area contributed by atoms with Crippen LogP contribution in [0.3, 0.4) is 0 Å². The van der Waals surface area contributed by atoms with E-state index in [9.17, 15) is 4.79 Å². The van der Waals surface area contributed by atoms with Crippen LogP contribution in [0.2, 0.25) is 0 Å². The molecule has 0 aliphatic heterocycles. The number of nitrogens with one attached hydrogen (secondary N) is 2. The third-order valence-corrected chi connectivity index (χ3v) is 5.20. The highest BCUT2D eigenvalue weighted by molar-refractivity contribution is 7.24. The minimum absolute atomic E-state index is 0.305. The Morgan fingerprint density at radius 1 is 1.00 bits per heavy atom. The van der Waals surface area contributed by atoms with E-state index in [1.165, 1.54) is 11.3 Å². The van der Waals surface area contributed by atoms with Crippen molar-refractivity contribution in [2.24, 2.45) is 0 Å². The Bertz CT molecular complexity index is 1010. The van der Waals surface area contributed by atoms with Crippen LogP contribution >= 0.6 is 22.7 Å². The number of carbonyl (C=O) groups excluding carboxylic acids is 1. The van der Waals surface area contributed by atoms with Crippen molar-refractivity contribution in [3.05, 3.63) is 47.5 Å². The van der Waals surface area contributed by atoms with Crippen molar-refractivity contribution in [1.82, 2.24) is 9.97 Å². The van der Waals surface area contributed by atoms with Gasteiger partial charge in [-0.3, -0.25) is 5.32 Å². The number of anilines is 2. The summed E-state index contributed by atoms with van der Waals surface area (Å²) in [5.74, 6) is 0. The molecule has 4 aromatic rings. The zero-order valence-electron chi connectivity index (χ0n) is 12.2. The summed E-state index contributed by atoms with van der Waals surface area (Å²) in [5.41, 5.74) is 2.55. The fourth-order valence-electron chi connectivity index (χ4n) is 2.32. The van der Waals surface area contributed by atoms with Gasteiger partial charge in [-0.2, -0.15) is 0 Å². The number of fused-ring (bicyclic) bond motifs is 3.